The molecule has 0 heterocycles. The number of ether oxygens (including phenoxy) is 1. The van der Waals surface area contributed by atoms with E-state index in [4.69, 9.17) is 4.74 Å². The van der Waals surface area contributed by atoms with Crippen LogP contribution >= 0.6 is 15.9 Å². The molecule has 1 aromatic rings. The van der Waals surface area contributed by atoms with E-state index in [0.29, 0.717) is 18.8 Å². The van der Waals surface area contributed by atoms with Crippen LogP contribution in [0.5, 0.6) is 5.75 Å². The second-order valence-electron chi connectivity index (χ2n) is 4.66. The molecule has 6 heteroatoms. The Bertz CT molecular complexity index is 552. The van der Waals surface area contributed by atoms with Gasteiger partial charge in [-0.1, -0.05) is 29.8 Å². The first-order chi connectivity index (χ1) is 9.38. The first-order valence-corrected chi connectivity index (χ1v) is 8.96. The van der Waals surface area contributed by atoms with Gasteiger partial charge in [-0.25, -0.2) is 8.42 Å². The van der Waals surface area contributed by atoms with Gasteiger partial charge in [-0.05, 0) is 37.5 Å². The van der Waals surface area contributed by atoms with E-state index in [1.54, 1.807) is 12.1 Å². The molecular formula is C14H22BrNO3S. The number of aryl methyl sites for hydroxylation is 1. The zero-order chi connectivity index (χ0) is 15.3. The summed E-state index contributed by atoms with van der Waals surface area (Å²) in [5.41, 5.74) is 0.943. The smallest absolute Gasteiger partial charge is 0.246 e. The monoisotopic (exact) mass is 363 g/mol. The molecule has 0 unspecified atom stereocenters. The van der Waals surface area contributed by atoms with Gasteiger partial charge in [0, 0.05) is 17.6 Å². The molecule has 0 bridgehead atoms. The Hall–Kier alpha value is -0.590. The molecule has 1 rings (SSSR count). The van der Waals surface area contributed by atoms with Gasteiger partial charge in [0.1, 0.15) is 10.6 Å². The van der Waals surface area contributed by atoms with Crippen LogP contribution in [0.4, 0.5) is 0 Å². The minimum Gasteiger partial charge on any atom is -0.495 e. The molecule has 0 fully saturated rings. The number of rotatable bonds is 7. The molecule has 114 valence electrons. The van der Waals surface area contributed by atoms with Gasteiger partial charge in [-0.15, -0.1) is 0 Å². The van der Waals surface area contributed by atoms with Crippen LogP contribution in [0.1, 0.15) is 32.3 Å². The molecule has 0 saturated carbocycles. The Morgan fingerprint density at radius 3 is 2.20 bits per heavy atom. The number of benzene rings is 1. The molecular weight excluding hydrogens is 342 g/mol. The lowest BCUT2D eigenvalue weighted by Gasteiger charge is -2.22. The third kappa shape index (κ3) is 3.74. The molecule has 0 N–H and O–H groups in total. The van der Waals surface area contributed by atoms with Crippen molar-refractivity contribution in [1.29, 1.82) is 0 Å². The normalized spacial score (nSPS) is 11.9. The van der Waals surface area contributed by atoms with Gasteiger partial charge in [0.15, 0.2) is 0 Å². The van der Waals surface area contributed by atoms with Gasteiger partial charge in [-0.3, -0.25) is 0 Å². The topological polar surface area (TPSA) is 46.6 Å². The molecule has 0 radical (unpaired) electrons. The van der Waals surface area contributed by atoms with Crippen LogP contribution in [0.3, 0.4) is 0 Å². The summed E-state index contributed by atoms with van der Waals surface area (Å²) in [6.07, 6.45) is 1.57. The van der Waals surface area contributed by atoms with Crippen molar-refractivity contribution in [2.45, 2.75) is 38.5 Å². The van der Waals surface area contributed by atoms with Crippen molar-refractivity contribution >= 4 is 26.0 Å². The van der Waals surface area contributed by atoms with Crippen LogP contribution in [0.2, 0.25) is 0 Å². The molecule has 0 aliphatic heterocycles. The van der Waals surface area contributed by atoms with Crippen LogP contribution in [-0.2, 0) is 10.0 Å². The molecule has 0 aromatic heterocycles. The molecule has 20 heavy (non-hydrogen) atoms. The first kappa shape index (κ1) is 17.5. The van der Waals surface area contributed by atoms with Crippen LogP contribution in [0.15, 0.2) is 21.5 Å². The van der Waals surface area contributed by atoms with Gasteiger partial charge in [0.25, 0.3) is 0 Å². The number of sulfonamides is 1. The lowest BCUT2D eigenvalue weighted by Crippen LogP contribution is -2.32. The van der Waals surface area contributed by atoms with Crippen molar-refractivity contribution in [3.05, 3.63) is 22.2 Å². The number of methoxy groups -OCH3 is 1. The Kier molecular flexibility index (Phi) is 6.48. The summed E-state index contributed by atoms with van der Waals surface area (Å²) in [5.74, 6) is 0.392. The van der Waals surface area contributed by atoms with E-state index in [-0.39, 0.29) is 4.90 Å². The zero-order valence-corrected chi connectivity index (χ0v) is 14.8. The Labute approximate surface area is 130 Å². The fraction of sp³-hybridized carbons (Fsp3) is 0.571. The van der Waals surface area contributed by atoms with Crippen LogP contribution < -0.4 is 4.74 Å². The lowest BCUT2D eigenvalue weighted by atomic mass is 10.2. The second kappa shape index (κ2) is 7.43. The van der Waals surface area contributed by atoms with Crippen molar-refractivity contribution in [2.75, 3.05) is 20.2 Å². The fourth-order valence-electron chi connectivity index (χ4n) is 1.99. The number of nitrogens with zero attached hydrogens (tertiary/aromatic N) is 1. The molecule has 0 atom stereocenters. The van der Waals surface area contributed by atoms with E-state index in [1.807, 2.05) is 20.8 Å². The van der Waals surface area contributed by atoms with E-state index in [0.717, 1.165) is 22.9 Å². The van der Waals surface area contributed by atoms with E-state index >= 15 is 0 Å². The maximum Gasteiger partial charge on any atom is 0.246 e. The maximum atomic E-state index is 12.8. The average Bonchev–Trinajstić information content (AvgIpc) is 2.41. The summed E-state index contributed by atoms with van der Waals surface area (Å²) in [5, 5.41) is 0. The molecule has 0 spiro atoms. The van der Waals surface area contributed by atoms with E-state index in [2.05, 4.69) is 15.9 Å². The van der Waals surface area contributed by atoms with E-state index in [9.17, 15) is 8.42 Å². The molecule has 1 aromatic carbocycles. The van der Waals surface area contributed by atoms with Crippen LogP contribution in [0, 0.1) is 6.92 Å². The predicted molar refractivity (Wildman–Crippen MR) is 84.8 cm³/mol. The minimum atomic E-state index is -3.53. The van der Waals surface area contributed by atoms with Gasteiger partial charge in [0.2, 0.25) is 10.0 Å². The fourth-order valence-corrected chi connectivity index (χ4v) is 4.27. The van der Waals surface area contributed by atoms with Crippen LogP contribution in [-0.4, -0.2) is 32.9 Å². The Morgan fingerprint density at radius 1 is 1.20 bits per heavy atom. The van der Waals surface area contributed by atoms with Gasteiger partial charge < -0.3 is 4.74 Å². The SMILES string of the molecule is CCCN(CCC)S(=O)(=O)c1cc(Br)c(C)cc1OC. The standard InChI is InChI=1S/C14H22BrNO3S/c1-5-7-16(8-6-2)20(17,18)14-10-12(15)11(3)9-13(14)19-4/h9-10H,5-8H2,1-4H3. The predicted octanol–water partition coefficient (Wildman–Crippen LogP) is 3.58. The highest BCUT2D eigenvalue weighted by Gasteiger charge is 2.27. The lowest BCUT2D eigenvalue weighted by molar-refractivity contribution is 0.387. The average molecular weight is 364 g/mol. The summed E-state index contributed by atoms with van der Waals surface area (Å²) in [6.45, 7) is 6.88. The summed E-state index contributed by atoms with van der Waals surface area (Å²) >= 11 is 3.39. The minimum absolute atomic E-state index is 0.222. The molecule has 0 aliphatic rings. The van der Waals surface area contributed by atoms with Crippen molar-refractivity contribution < 1.29 is 13.2 Å². The van der Waals surface area contributed by atoms with Crippen LogP contribution in [0.25, 0.3) is 0 Å². The quantitative estimate of drug-likeness (QED) is 0.743. The van der Waals surface area contributed by atoms with Gasteiger partial charge in [-0.2, -0.15) is 4.31 Å². The number of hydrogen-bond acceptors (Lipinski definition) is 3. The van der Waals surface area contributed by atoms with Gasteiger partial charge >= 0.3 is 0 Å². The second-order valence-corrected chi connectivity index (χ2v) is 7.42. The van der Waals surface area contributed by atoms with Crippen molar-refractivity contribution in [3.63, 3.8) is 0 Å². The Balaban J connectivity index is 3.36. The maximum absolute atomic E-state index is 12.8. The zero-order valence-electron chi connectivity index (χ0n) is 12.4. The van der Waals surface area contributed by atoms with Crippen molar-refractivity contribution in [2.24, 2.45) is 0 Å². The highest BCUT2D eigenvalue weighted by molar-refractivity contribution is 9.10. The highest BCUT2D eigenvalue weighted by Crippen LogP contribution is 2.32. The third-order valence-corrected chi connectivity index (χ3v) is 5.78. The van der Waals surface area contributed by atoms with E-state index in [1.165, 1.54) is 11.4 Å². The summed E-state index contributed by atoms with van der Waals surface area (Å²) < 4.78 is 33.1. The summed E-state index contributed by atoms with van der Waals surface area (Å²) in [7, 11) is -2.04. The molecule has 0 aliphatic carbocycles. The summed E-state index contributed by atoms with van der Waals surface area (Å²) in [6, 6.07) is 3.37. The van der Waals surface area contributed by atoms with E-state index < -0.39 is 10.0 Å². The molecule has 4 nitrogen and oxygen atoms in total. The number of hydrogen-bond donors (Lipinski definition) is 0. The highest BCUT2D eigenvalue weighted by atomic mass is 79.9. The van der Waals surface area contributed by atoms with Crippen molar-refractivity contribution in [3.8, 4) is 5.75 Å². The summed E-state index contributed by atoms with van der Waals surface area (Å²) in [4.78, 5) is 0.222. The molecule has 0 saturated heterocycles. The third-order valence-electron chi connectivity index (χ3n) is 3.01. The Morgan fingerprint density at radius 2 is 1.75 bits per heavy atom. The van der Waals surface area contributed by atoms with Gasteiger partial charge in [0.05, 0.1) is 7.11 Å². The largest absolute Gasteiger partial charge is 0.495 e. The first-order valence-electron chi connectivity index (χ1n) is 6.72. The molecule has 0 amide bonds. The van der Waals surface area contributed by atoms with Crippen molar-refractivity contribution in [1.82, 2.24) is 4.31 Å². The number of halogens is 1.